The van der Waals surface area contributed by atoms with Crippen LogP contribution in [-0.2, 0) is 19.4 Å². The summed E-state index contributed by atoms with van der Waals surface area (Å²) < 4.78 is 22.3. The highest BCUT2D eigenvalue weighted by Gasteiger charge is 2.29. The van der Waals surface area contributed by atoms with Gasteiger partial charge in [0.2, 0.25) is 0 Å². The molecule has 0 aromatic heterocycles. The fourth-order valence-electron chi connectivity index (χ4n) is 1.72. The maximum Gasteiger partial charge on any atom is 0.308 e. The first kappa shape index (κ1) is 13.9. The minimum atomic E-state index is -3.01. The van der Waals surface area contributed by atoms with E-state index in [4.69, 9.17) is 10.2 Å². The van der Waals surface area contributed by atoms with Crippen molar-refractivity contribution in [2.24, 2.45) is 5.92 Å². The molecule has 7 nitrogen and oxygen atoms in total. The molecule has 0 aromatic rings. The average molecular weight is 265 g/mol. The summed E-state index contributed by atoms with van der Waals surface area (Å²) in [6.45, 7) is -0.0260. The number of sulfone groups is 1. The van der Waals surface area contributed by atoms with Gasteiger partial charge >= 0.3 is 11.9 Å². The van der Waals surface area contributed by atoms with E-state index in [9.17, 15) is 18.0 Å². The van der Waals surface area contributed by atoms with Crippen LogP contribution in [0.2, 0.25) is 0 Å². The van der Waals surface area contributed by atoms with E-state index in [1.165, 1.54) is 0 Å². The van der Waals surface area contributed by atoms with Crippen LogP contribution in [0.1, 0.15) is 12.8 Å². The van der Waals surface area contributed by atoms with Gasteiger partial charge in [-0.1, -0.05) is 0 Å². The molecule has 1 aliphatic heterocycles. The van der Waals surface area contributed by atoms with Gasteiger partial charge < -0.3 is 15.5 Å². The summed E-state index contributed by atoms with van der Waals surface area (Å²) in [7, 11) is -3.01. The lowest BCUT2D eigenvalue weighted by atomic mass is 10.1. The maximum absolute atomic E-state index is 11.1. The molecule has 17 heavy (non-hydrogen) atoms. The van der Waals surface area contributed by atoms with E-state index in [1.807, 2.05) is 0 Å². The Morgan fingerprint density at radius 3 is 2.41 bits per heavy atom. The van der Waals surface area contributed by atoms with Crippen LogP contribution < -0.4 is 5.32 Å². The summed E-state index contributed by atoms with van der Waals surface area (Å²) in [5.74, 6) is -3.32. The van der Waals surface area contributed by atoms with E-state index in [-0.39, 0.29) is 24.1 Å². The van der Waals surface area contributed by atoms with Gasteiger partial charge in [0.25, 0.3) is 0 Å². The van der Waals surface area contributed by atoms with Crippen molar-refractivity contribution >= 4 is 21.8 Å². The Morgan fingerprint density at radius 1 is 1.35 bits per heavy atom. The molecular weight excluding hydrogens is 250 g/mol. The SMILES string of the molecule is O=C(O)CC(CNC1CCS(=O)(=O)C1)C(=O)O. The van der Waals surface area contributed by atoms with E-state index in [2.05, 4.69) is 5.32 Å². The Labute approximate surface area is 98.7 Å². The van der Waals surface area contributed by atoms with E-state index in [0.717, 1.165) is 0 Å². The molecule has 0 aliphatic carbocycles. The van der Waals surface area contributed by atoms with E-state index >= 15 is 0 Å². The summed E-state index contributed by atoms with van der Waals surface area (Å²) in [6, 6.07) is -0.268. The zero-order chi connectivity index (χ0) is 13.1. The molecule has 1 fully saturated rings. The molecule has 8 heteroatoms. The van der Waals surface area contributed by atoms with Gasteiger partial charge in [-0.05, 0) is 6.42 Å². The lowest BCUT2D eigenvalue weighted by Crippen LogP contribution is -2.37. The fraction of sp³-hybridized carbons (Fsp3) is 0.778. The Balaban J connectivity index is 2.42. The first-order chi connectivity index (χ1) is 7.80. The molecule has 1 saturated heterocycles. The summed E-state index contributed by atoms with van der Waals surface area (Å²) in [5, 5.41) is 20.1. The van der Waals surface area contributed by atoms with Crippen molar-refractivity contribution < 1.29 is 28.2 Å². The van der Waals surface area contributed by atoms with Gasteiger partial charge in [0, 0.05) is 12.6 Å². The predicted molar refractivity (Wildman–Crippen MR) is 58.4 cm³/mol. The minimum absolute atomic E-state index is 0.00753. The second kappa shape index (κ2) is 5.46. The summed E-state index contributed by atoms with van der Waals surface area (Å²) in [5.41, 5.74) is 0. The van der Waals surface area contributed by atoms with Crippen LogP contribution >= 0.6 is 0 Å². The highest BCUT2D eigenvalue weighted by molar-refractivity contribution is 7.91. The van der Waals surface area contributed by atoms with Gasteiger partial charge in [-0.15, -0.1) is 0 Å². The van der Waals surface area contributed by atoms with Gasteiger partial charge in [0.15, 0.2) is 9.84 Å². The van der Waals surface area contributed by atoms with Crippen LogP contribution in [0, 0.1) is 5.92 Å². The number of rotatable bonds is 6. The Morgan fingerprint density at radius 2 is 2.00 bits per heavy atom. The van der Waals surface area contributed by atoms with Gasteiger partial charge in [-0.25, -0.2) is 8.42 Å². The molecule has 0 spiro atoms. The summed E-state index contributed by atoms with van der Waals surface area (Å²) in [6.07, 6.45) is -0.0243. The fourth-order valence-corrected chi connectivity index (χ4v) is 3.43. The number of hydrogen-bond acceptors (Lipinski definition) is 5. The van der Waals surface area contributed by atoms with Crippen molar-refractivity contribution in [1.29, 1.82) is 0 Å². The third kappa shape index (κ3) is 4.70. The van der Waals surface area contributed by atoms with E-state index < -0.39 is 34.1 Å². The van der Waals surface area contributed by atoms with Crippen molar-refractivity contribution in [3.05, 3.63) is 0 Å². The topological polar surface area (TPSA) is 121 Å². The number of carboxylic acid groups (broad SMARTS) is 2. The molecule has 2 unspecified atom stereocenters. The quantitative estimate of drug-likeness (QED) is 0.559. The predicted octanol–water partition coefficient (Wildman–Crippen LogP) is -1.06. The number of carbonyl (C=O) groups is 2. The van der Waals surface area contributed by atoms with Crippen molar-refractivity contribution in [2.75, 3.05) is 18.1 Å². The molecule has 1 aliphatic rings. The van der Waals surface area contributed by atoms with Gasteiger partial charge in [0.1, 0.15) is 0 Å². The summed E-state index contributed by atoms with van der Waals surface area (Å²) in [4.78, 5) is 21.2. The maximum atomic E-state index is 11.1. The Hall–Kier alpha value is -1.15. The normalized spacial score (nSPS) is 24.4. The highest BCUT2D eigenvalue weighted by atomic mass is 32.2. The van der Waals surface area contributed by atoms with E-state index in [1.54, 1.807) is 0 Å². The van der Waals surface area contributed by atoms with Crippen LogP contribution in [0.5, 0.6) is 0 Å². The Kier molecular flexibility index (Phi) is 4.47. The molecule has 98 valence electrons. The molecule has 0 amide bonds. The van der Waals surface area contributed by atoms with E-state index in [0.29, 0.717) is 6.42 Å². The van der Waals surface area contributed by atoms with Crippen molar-refractivity contribution in [3.63, 3.8) is 0 Å². The largest absolute Gasteiger partial charge is 0.481 e. The van der Waals surface area contributed by atoms with Crippen molar-refractivity contribution in [3.8, 4) is 0 Å². The zero-order valence-corrected chi connectivity index (χ0v) is 9.94. The number of aliphatic carboxylic acids is 2. The molecule has 1 heterocycles. The first-order valence-corrected chi connectivity index (χ1v) is 7.00. The smallest absolute Gasteiger partial charge is 0.308 e. The second-order valence-electron chi connectivity index (χ2n) is 4.14. The van der Waals surface area contributed by atoms with Crippen LogP contribution in [0.15, 0.2) is 0 Å². The van der Waals surface area contributed by atoms with Crippen LogP contribution in [-0.4, -0.2) is 54.7 Å². The molecule has 0 radical (unpaired) electrons. The highest BCUT2D eigenvalue weighted by Crippen LogP contribution is 2.12. The van der Waals surface area contributed by atoms with Gasteiger partial charge in [-0.2, -0.15) is 0 Å². The zero-order valence-electron chi connectivity index (χ0n) is 9.13. The third-order valence-electron chi connectivity index (χ3n) is 2.66. The Bertz CT molecular complexity index is 404. The molecule has 0 bridgehead atoms. The van der Waals surface area contributed by atoms with Crippen molar-refractivity contribution in [1.82, 2.24) is 5.32 Å². The first-order valence-electron chi connectivity index (χ1n) is 5.18. The average Bonchev–Trinajstić information content (AvgIpc) is 2.52. The third-order valence-corrected chi connectivity index (χ3v) is 4.42. The second-order valence-corrected chi connectivity index (χ2v) is 6.37. The number of hydrogen-bond donors (Lipinski definition) is 3. The molecule has 0 saturated carbocycles. The van der Waals surface area contributed by atoms with Gasteiger partial charge in [-0.3, -0.25) is 9.59 Å². The molecule has 0 aromatic carbocycles. The number of carboxylic acids is 2. The standard InChI is InChI=1S/C9H15NO6S/c11-8(12)3-6(9(13)14)4-10-7-1-2-17(15,16)5-7/h6-7,10H,1-5H2,(H,11,12)(H,13,14). The molecular formula is C9H15NO6S. The van der Waals surface area contributed by atoms with Crippen LogP contribution in [0.4, 0.5) is 0 Å². The molecule has 3 N–H and O–H groups in total. The number of nitrogens with one attached hydrogen (secondary N) is 1. The molecule has 1 rings (SSSR count). The van der Waals surface area contributed by atoms with Crippen LogP contribution in [0.3, 0.4) is 0 Å². The lowest BCUT2D eigenvalue weighted by molar-refractivity contribution is -0.148. The molecule has 2 atom stereocenters. The lowest BCUT2D eigenvalue weighted by Gasteiger charge is -2.14. The minimum Gasteiger partial charge on any atom is -0.481 e. The van der Waals surface area contributed by atoms with Crippen LogP contribution in [0.25, 0.3) is 0 Å². The monoisotopic (exact) mass is 265 g/mol. The summed E-state index contributed by atoms with van der Waals surface area (Å²) >= 11 is 0. The van der Waals surface area contributed by atoms with Crippen molar-refractivity contribution in [2.45, 2.75) is 18.9 Å². The van der Waals surface area contributed by atoms with Gasteiger partial charge in [0.05, 0.1) is 23.8 Å².